The predicted molar refractivity (Wildman–Crippen MR) is 113 cm³/mol. The summed E-state index contributed by atoms with van der Waals surface area (Å²) in [6.07, 6.45) is 1.88. The van der Waals surface area contributed by atoms with Crippen molar-refractivity contribution in [3.05, 3.63) is 62.1 Å². The van der Waals surface area contributed by atoms with Crippen LogP contribution >= 0.6 is 0 Å². The molecule has 1 aromatic heterocycles. The highest BCUT2D eigenvalue weighted by Crippen LogP contribution is 2.15. The van der Waals surface area contributed by atoms with Gasteiger partial charge in [0.05, 0.1) is 13.2 Å². The summed E-state index contributed by atoms with van der Waals surface area (Å²) in [7, 11) is 0. The Balaban J connectivity index is 1.64. The minimum atomic E-state index is -0.957. The van der Waals surface area contributed by atoms with Crippen LogP contribution in [0.25, 0.3) is 0 Å². The van der Waals surface area contributed by atoms with Gasteiger partial charge in [0, 0.05) is 0 Å². The molecule has 34 heavy (non-hydrogen) atoms. The number of nitrogens with zero attached hydrogens (tertiary/aromatic N) is 1. The Morgan fingerprint density at radius 2 is 1.74 bits per heavy atom. The van der Waals surface area contributed by atoms with Gasteiger partial charge in [0.15, 0.2) is 18.1 Å². The maximum absolute atomic E-state index is 12.1. The van der Waals surface area contributed by atoms with Gasteiger partial charge in [-0.05, 0) is 50.3 Å². The van der Waals surface area contributed by atoms with E-state index >= 15 is 0 Å². The van der Waals surface area contributed by atoms with E-state index in [1.165, 1.54) is 19.1 Å². The smallest absolute Gasteiger partial charge is 0.456 e. The van der Waals surface area contributed by atoms with E-state index in [4.69, 9.17) is 24.4 Å². The minimum Gasteiger partial charge on any atom is -0.456 e. The van der Waals surface area contributed by atoms with Crippen molar-refractivity contribution >= 4 is 12.1 Å². The van der Waals surface area contributed by atoms with E-state index in [-0.39, 0.29) is 43.5 Å². The average Bonchev–Trinajstić information content (AvgIpc) is 3.11. The number of benzene rings is 1. The van der Waals surface area contributed by atoms with Crippen LogP contribution in [-0.2, 0) is 32.1 Å². The number of nitrogens with two attached hydrogens (primary N) is 1. The predicted octanol–water partition coefficient (Wildman–Crippen LogP) is 2.44. The minimum absolute atomic E-state index is 0.0442. The Morgan fingerprint density at radius 3 is 2.35 bits per heavy atom. The number of carbonyl (C=O) groups is 2. The summed E-state index contributed by atoms with van der Waals surface area (Å²) in [4.78, 5) is 49.0. The molecule has 0 saturated heterocycles. The molecule has 2 rings (SSSR count). The molecule has 0 amide bonds. The molecule has 186 valence electrons. The highest BCUT2D eigenvalue weighted by atomic mass is 16.9. The molecule has 0 aliphatic rings. The van der Waals surface area contributed by atoms with E-state index in [1.807, 2.05) is 0 Å². The number of ether oxygens (including phenoxy) is 3. The molecule has 2 N–H and O–H groups in total. The number of unbranched alkanes of at least 4 members (excludes halogenated alkanes) is 3. The van der Waals surface area contributed by atoms with Gasteiger partial charge < -0.3 is 33.6 Å². The SMILES string of the molecule is Cc1oc(=O)oc1COC(=O)C(N)Cc1ccc(OC(=O)OCCCCCCO[N+](=O)[O-])cc1. The second kappa shape index (κ2) is 13.6. The second-order valence-corrected chi connectivity index (χ2v) is 7.17. The highest BCUT2D eigenvalue weighted by molar-refractivity contribution is 5.75. The fourth-order valence-electron chi connectivity index (χ4n) is 2.76. The summed E-state index contributed by atoms with van der Waals surface area (Å²) in [5.41, 5.74) is 6.57. The van der Waals surface area contributed by atoms with Crippen molar-refractivity contribution in [1.82, 2.24) is 0 Å². The van der Waals surface area contributed by atoms with Crippen molar-refractivity contribution in [2.24, 2.45) is 5.73 Å². The largest absolute Gasteiger partial charge is 0.519 e. The van der Waals surface area contributed by atoms with Gasteiger partial charge in [0.1, 0.15) is 11.8 Å². The Morgan fingerprint density at radius 1 is 1.06 bits per heavy atom. The van der Waals surface area contributed by atoms with Crippen LogP contribution < -0.4 is 16.3 Å². The monoisotopic (exact) mass is 482 g/mol. The van der Waals surface area contributed by atoms with Gasteiger partial charge in [-0.1, -0.05) is 18.6 Å². The summed E-state index contributed by atoms with van der Waals surface area (Å²) >= 11 is 0. The molecule has 2 aromatic rings. The van der Waals surface area contributed by atoms with Crippen molar-refractivity contribution in [2.45, 2.75) is 51.7 Å². The molecule has 1 atom stereocenters. The van der Waals surface area contributed by atoms with E-state index < -0.39 is 29.1 Å². The maximum atomic E-state index is 12.1. The molecule has 0 bridgehead atoms. The zero-order chi connectivity index (χ0) is 24.9. The van der Waals surface area contributed by atoms with E-state index in [0.29, 0.717) is 24.8 Å². The summed E-state index contributed by atoms with van der Waals surface area (Å²) in [5, 5.41) is 9.17. The van der Waals surface area contributed by atoms with Gasteiger partial charge in [-0.25, -0.2) is 9.59 Å². The lowest BCUT2D eigenvalue weighted by Gasteiger charge is -2.11. The van der Waals surface area contributed by atoms with Crippen LogP contribution in [0.1, 0.15) is 42.8 Å². The second-order valence-electron chi connectivity index (χ2n) is 7.17. The van der Waals surface area contributed by atoms with Crippen LogP contribution in [0.15, 0.2) is 37.9 Å². The molecule has 0 aliphatic heterocycles. The molecule has 0 radical (unpaired) electrons. The number of aryl methyl sites for hydroxylation is 1. The van der Waals surface area contributed by atoms with Gasteiger partial charge in [0.2, 0.25) is 0 Å². The van der Waals surface area contributed by atoms with Crippen molar-refractivity contribution in [3.8, 4) is 5.75 Å². The Hall–Kier alpha value is -3.87. The third kappa shape index (κ3) is 9.73. The van der Waals surface area contributed by atoms with Crippen LogP contribution in [0.3, 0.4) is 0 Å². The van der Waals surface area contributed by atoms with Crippen molar-refractivity contribution in [1.29, 1.82) is 0 Å². The third-order valence-corrected chi connectivity index (χ3v) is 4.52. The van der Waals surface area contributed by atoms with E-state index in [0.717, 1.165) is 6.42 Å². The Kier molecular flexibility index (Phi) is 10.6. The summed E-state index contributed by atoms with van der Waals surface area (Å²) in [6.45, 7) is 1.44. The molecule has 1 heterocycles. The quantitative estimate of drug-likeness (QED) is 0.137. The average molecular weight is 482 g/mol. The standard InChI is InChI=1S/C21H26N2O11/c1-14-18(34-21(26)32-14)13-30-19(24)17(22)12-15-6-8-16(9-7-15)33-20(25)29-10-4-2-3-5-11-31-23(27)28/h6-9,17H,2-5,10-13,22H2,1H3. The van der Waals surface area contributed by atoms with Gasteiger partial charge >= 0.3 is 17.9 Å². The van der Waals surface area contributed by atoms with Crippen molar-refractivity contribution in [2.75, 3.05) is 13.2 Å². The molecule has 1 unspecified atom stereocenters. The molecular weight excluding hydrogens is 456 g/mol. The molecule has 13 heteroatoms. The van der Waals surface area contributed by atoms with Crippen LogP contribution in [-0.4, -0.2) is 36.5 Å². The van der Waals surface area contributed by atoms with Crippen molar-refractivity contribution in [3.63, 3.8) is 0 Å². The molecule has 1 aromatic carbocycles. The molecule has 0 saturated carbocycles. The van der Waals surface area contributed by atoms with Crippen LogP contribution in [0.4, 0.5) is 4.79 Å². The van der Waals surface area contributed by atoms with Crippen LogP contribution in [0.5, 0.6) is 5.75 Å². The third-order valence-electron chi connectivity index (χ3n) is 4.52. The van der Waals surface area contributed by atoms with Crippen LogP contribution in [0, 0.1) is 17.0 Å². The molecule has 0 fully saturated rings. The van der Waals surface area contributed by atoms with Gasteiger partial charge in [-0.15, -0.1) is 10.1 Å². The Labute approximate surface area is 193 Å². The normalized spacial score (nSPS) is 11.5. The van der Waals surface area contributed by atoms with Crippen molar-refractivity contribution < 1.29 is 42.6 Å². The topological polar surface area (TPSA) is 184 Å². The van der Waals surface area contributed by atoms with Gasteiger partial charge in [-0.2, -0.15) is 0 Å². The zero-order valence-corrected chi connectivity index (χ0v) is 18.6. The molecule has 0 aliphatic carbocycles. The molecular formula is C21H26N2O11. The molecule has 13 nitrogen and oxygen atoms in total. The van der Waals surface area contributed by atoms with Gasteiger partial charge in [-0.3, -0.25) is 4.79 Å². The zero-order valence-electron chi connectivity index (χ0n) is 18.6. The number of hydrogen-bond acceptors (Lipinski definition) is 12. The van der Waals surface area contributed by atoms with Crippen LogP contribution in [0.2, 0.25) is 0 Å². The fourth-order valence-corrected chi connectivity index (χ4v) is 2.76. The molecule has 0 spiro atoms. The number of carbonyl (C=O) groups excluding carboxylic acids is 2. The number of esters is 1. The lowest BCUT2D eigenvalue weighted by Crippen LogP contribution is -2.34. The Bertz CT molecular complexity index is 997. The number of hydrogen-bond donors (Lipinski definition) is 1. The fraction of sp³-hybridized carbons (Fsp3) is 0.476. The lowest BCUT2D eigenvalue weighted by atomic mass is 10.1. The van der Waals surface area contributed by atoms with E-state index in [2.05, 4.69) is 9.25 Å². The first-order chi connectivity index (χ1) is 16.2. The number of rotatable bonds is 14. The summed E-state index contributed by atoms with van der Waals surface area (Å²) in [6, 6.07) is 5.40. The van der Waals surface area contributed by atoms with E-state index in [9.17, 15) is 24.5 Å². The lowest BCUT2D eigenvalue weighted by molar-refractivity contribution is -0.757. The highest BCUT2D eigenvalue weighted by Gasteiger charge is 2.18. The first kappa shape index (κ1) is 26.4. The summed E-state index contributed by atoms with van der Waals surface area (Å²) < 4.78 is 24.5. The maximum Gasteiger partial charge on any atom is 0.519 e. The summed E-state index contributed by atoms with van der Waals surface area (Å²) in [5.74, 6) is -0.969. The van der Waals surface area contributed by atoms with Gasteiger partial charge in [0.25, 0.3) is 5.09 Å². The first-order valence-electron chi connectivity index (χ1n) is 10.5. The first-order valence-corrected chi connectivity index (χ1v) is 10.5. The van der Waals surface area contributed by atoms with E-state index in [1.54, 1.807) is 12.1 Å².